The van der Waals surface area contributed by atoms with Crippen LogP contribution in [0.15, 0.2) is 255 Å². The lowest BCUT2D eigenvalue weighted by molar-refractivity contribution is 1.02. The molecule has 0 fully saturated rings. The second kappa shape index (κ2) is 20.2. The molecule has 0 saturated carbocycles. The highest BCUT2D eigenvalue weighted by molar-refractivity contribution is 7.26. The molecule has 5 aromatic heterocycles. The van der Waals surface area contributed by atoms with E-state index in [1.54, 1.807) is 0 Å². The molecule has 388 valence electrons. The maximum Gasteiger partial charge on any atom is 0.235 e. The molecule has 0 spiro atoms. The van der Waals surface area contributed by atoms with Gasteiger partial charge in [0.2, 0.25) is 11.2 Å². The lowest BCUT2D eigenvalue weighted by Gasteiger charge is -2.12. The van der Waals surface area contributed by atoms with Crippen molar-refractivity contribution in [1.82, 2.24) is 24.5 Å². The first-order valence-corrected chi connectivity index (χ1v) is 29.1. The van der Waals surface area contributed by atoms with Gasteiger partial charge in [-0.15, -0.1) is 22.7 Å². The molecule has 82 heavy (non-hydrogen) atoms. The van der Waals surface area contributed by atoms with Crippen molar-refractivity contribution in [3.05, 3.63) is 271 Å². The van der Waals surface area contributed by atoms with Gasteiger partial charge in [-0.05, 0) is 105 Å². The van der Waals surface area contributed by atoms with Gasteiger partial charge in [0.25, 0.3) is 0 Å². The van der Waals surface area contributed by atoms with Gasteiger partial charge < -0.3 is 0 Å². The summed E-state index contributed by atoms with van der Waals surface area (Å²) in [4.78, 5) is 19.0. The summed E-state index contributed by atoms with van der Waals surface area (Å²) in [5.74, 6) is 0.689. The zero-order valence-electron chi connectivity index (χ0n) is 43.4. The molecule has 0 bridgehead atoms. The molecule has 12 aromatic carbocycles. The van der Waals surface area contributed by atoms with Crippen molar-refractivity contribution in [3.8, 4) is 39.6 Å². The van der Waals surface area contributed by atoms with Crippen molar-refractivity contribution in [2.45, 2.75) is 13.8 Å². The summed E-state index contributed by atoms with van der Waals surface area (Å²) in [5, 5.41) is 15.3. The second-order valence-electron chi connectivity index (χ2n) is 20.6. The van der Waals surface area contributed by atoms with E-state index in [2.05, 4.69) is 209 Å². The number of benzene rings is 12. The summed E-state index contributed by atoms with van der Waals surface area (Å²) < 4.78 is 7.66. The first-order valence-electron chi connectivity index (χ1n) is 27.1. The van der Waals surface area contributed by atoms with Gasteiger partial charge in [-0.2, -0.15) is 0 Å². The van der Waals surface area contributed by atoms with Crippen LogP contribution in [0.5, 0.6) is 0 Å². The number of nitrogens with zero attached hydrogens (tertiary/aromatic N) is 5. The molecule has 8 heteroatoms. The van der Waals surface area contributed by atoms with E-state index in [1.807, 2.05) is 83.3 Å². The first-order chi connectivity index (χ1) is 40.1. The minimum absolute atomic E-state index is 0. The Morgan fingerprint density at radius 1 is 0.354 bits per heavy atom. The van der Waals surface area contributed by atoms with E-state index < -0.39 is 0 Å². The van der Waals surface area contributed by atoms with Crippen molar-refractivity contribution < 1.29 is 0 Å². The van der Waals surface area contributed by atoms with Crippen LogP contribution in [0.25, 0.3) is 145 Å². The van der Waals surface area contributed by atoms with Gasteiger partial charge in [-0.25, -0.2) is 19.9 Å². The van der Waals surface area contributed by atoms with Gasteiger partial charge in [-0.1, -0.05) is 214 Å². The monoisotopic (exact) mass is 1110 g/mol. The molecule has 0 unspecified atom stereocenters. The Hall–Kier alpha value is -9.63. The molecule has 1 aliphatic rings. The quantitative estimate of drug-likeness (QED) is 0.165. The summed E-state index contributed by atoms with van der Waals surface area (Å²) in [5.41, 5.74) is 13.8. The van der Waals surface area contributed by atoms with Crippen molar-refractivity contribution in [2.75, 3.05) is 0 Å². The molecule has 5 nitrogen and oxygen atoms in total. The van der Waals surface area contributed by atoms with Crippen molar-refractivity contribution in [1.29, 1.82) is 0 Å². The van der Waals surface area contributed by atoms with Crippen LogP contribution < -0.4 is 0 Å². The average Bonchev–Trinajstić information content (AvgIpc) is 4.49. The van der Waals surface area contributed by atoms with Crippen LogP contribution >= 0.6 is 34.3 Å². The Morgan fingerprint density at radius 2 is 0.866 bits per heavy atom. The summed E-state index contributed by atoms with van der Waals surface area (Å²) in [6.45, 7) is 0. The van der Waals surface area contributed by atoms with E-state index >= 15 is 0 Å². The fourth-order valence-electron chi connectivity index (χ4n) is 12.2. The highest BCUT2D eigenvalue weighted by Crippen LogP contribution is 2.46. The van der Waals surface area contributed by atoms with Gasteiger partial charge in [0.05, 0.1) is 33.5 Å². The lowest BCUT2D eigenvalue weighted by atomic mass is 9.99. The van der Waals surface area contributed by atoms with Crippen LogP contribution in [-0.2, 0) is 6.42 Å². The SMILES string of the molecule is C.Clc1nc(-c2ccccc2)c2ccccc2n1.c1ccc(-c2nc(-n3c4cc5sc6ccccc6c5cc4c4ccc5ccccc5c43)nc3ccccc23)cc1.c1ccc2c3c(ccc2c1)-c1cc2c(cc1C3)sc1ccccc12. The van der Waals surface area contributed by atoms with E-state index in [9.17, 15) is 0 Å². The largest absolute Gasteiger partial charge is 0.277 e. The van der Waals surface area contributed by atoms with Crippen LogP contribution in [0.3, 0.4) is 0 Å². The number of thiophene rings is 2. The number of para-hydroxylation sites is 2. The molecule has 17 aromatic rings. The molecule has 0 atom stereocenters. The third kappa shape index (κ3) is 8.27. The molecule has 0 N–H and O–H groups in total. The highest BCUT2D eigenvalue weighted by Gasteiger charge is 2.24. The number of fused-ring (bicyclic) bond motifs is 18. The fourth-order valence-corrected chi connectivity index (χ4v) is 14.7. The zero-order chi connectivity index (χ0) is 53.5. The summed E-state index contributed by atoms with van der Waals surface area (Å²) >= 11 is 9.70. The third-order valence-corrected chi connectivity index (χ3v) is 18.3. The predicted molar refractivity (Wildman–Crippen MR) is 352 cm³/mol. The molecule has 5 heterocycles. The first kappa shape index (κ1) is 49.4. The van der Waals surface area contributed by atoms with E-state index in [4.69, 9.17) is 21.6 Å². The third-order valence-electron chi connectivity index (χ3n) is 15.9. The number of hydrogen-bond acceptors (Lipinski definition) is 6. The highest BCUT2D eigenvalue weighted by atomic mass is 35.5. The van der Waals surface area contributed by atoms with Crippen molar-refractivity contribution >= 4 is 140 Å². The van der Waals surface area contributed by atoms with Crippen LogP contribution in [-0.4, -0.2) is 24.5 Å². The van der Waals surface area contributed by atoms with Crippen molar-refractivity contribution in [2.24, 2.45) is 0 Å². The van der Waals surface area contributed by atoms with E-state index in [-0.39, 0.29) is 12.7 Å². The summed E-state index contributed by atoms with van der Waals surface area (Å²) in [6, 6.07) is 90.0. The van der Waals surface area contributed by atoms with Crippen LogP contribution in [0.1, 0.15) is 18.6 Å². The maximum absolute atomic E-state index is 5.95. The average molecular weight is 1110 g/mol. The number of halogens is 1. The summed E-state index contributed by atoms with van der Waals surface area (Å²) in [6.07, 6.45) is 1.05. The zero-order valence-corrected chi connectivity index (χ0v) is 45.8. The van der Waals surface area contributed by atoms with Gasteiger partial charge in [-0.3, -0.25) is 4.57 Å². The minimum atomic E-state index is 0. The van der Waals surface area contributed by atoms with Crippen LogP contribution in [0.4, 0.5) is 0 Å². The molecule has 0 radical (unpaired) electrons. The molecular weight excluding hydrogens is 1060 g/mol. The smallest absolute Gasteiger partial charge is 0.235 e. The molecular formula is C74H48ClN5S2. The predicted octanol–water partition coefficient (Wildman–Crippen LogP) is 21.3. The van der Waals surface area contributed by atoms with E-state index in [0.29, 0.717) is 5.95 Å². The van der Waals surface area contributed by atoms with Crippen LogP contribution in [0.2, 0.25) is 5.28 Å². The number of aromatic nitrogens is 5. The van der Waals surface area contributed by atoms with Gasteiger partial charge in [0.1, 0.15) is 0 Å². The molecule has 0 saturated heterocycles. The van der Waals surface area contributed by atoms with Gasteiger partial charge >= 0.3 is 0 Å². The Labute approximate surface area is 485 Å². The normalized spacial score (nSPS) is 11.8. The van der Waals surface area contributed by atoms with Crippen molar-refractivity contribution in [3.63, 3.8) is 0 Å². The van der Waals surface area contributed by atoms with E-state index in [1.165, 1.54) is 94.9 Å². The fraction of sp³-hybridized carbons (Fsp3) is 0.0270. The molecule has 0 amide bonds. The Bertz CT molecular complexity index is 5360. The topological polar surface area (TPSA) is 56.5 Å². The standard InChI is InChI=1S/C36H21N3S.C23H14S.C14H9ClN2.CH4/c1-2-11-23(12-3-1)34-27-15-6-8-16-30(27)37-36(38-34)39-31-21-33-29(25-14-7-9-17-32(25)40-33)20-28(31)26-19-18-22-10-4-5-13-24(22)35(26)39;1-2-6-16-14(5-1)9-10-17-19-13-21-18-7-3-4-8-22(18)24-23(21)12-15(19)11-20(16)17;15-14-16-12-9-5-4-8-11(12)13(17-14)10-6-2-1-3-7-10;/h1-21H;1-10,12-13H,11H2;1-9H;1H4. The molecule has 18 rings (SSSR count). The Kier molecular flexibility index (Phi) is 12.2. The lowest BCUT2D eigenvalue weighted by Crippen LogP contribution is -2.03. The second-order valence-corrected chi connectivity index (χ2v) is 23.1. The molecule has 0 aliphatic heterocycles. The van der Waals surface area contributed by atoms with E-state index in [0.717, 1.165) is 61.8 Å². The Morgan fingerprint density at radius 3 is 1.54 bits per heavy atom. The minimum Gasteiger partial charge on any atom is -0.277 e. The van der Waals surface area contributed by atoms with Gasteiger partial charge in [0, 0.05) is 78.4 Å². The molecule has 1 aliphatic carbocycles. The van der Waals surface area contributed by atoms with Crippen LogP contribution in [0, 0.1) is 0 Å². The Balaban J connectivity index is 0.000000116. The number of rotatable bonds is 3. The van der Waals surface area contributed by atoms with Gasteiger partial charge in [0.15, 0.2) is 0 Å². The maximum atomic E-state index is 5.95. The number of hydrogen-bond donors (Lipinski definition) is 0. The summed E-state index contributed by atoms with van der Waals surface area (Å²) in [7, 11) is 0.